The molecule has 3 rings (SSSR count). The van der Waals surface area contributed by atoms with Crippen molar-refractivity contribution in [3.8, 4) is 11.3 Å². The number of pyridine rings is 1. The van der Waals surface area contributed by atoms with E-state index in [0.29, 0.717) is 22.2 Å². The normalized spacial score (nSPS) is 11.8. The zero-order chi connectivity index (χ0) is 20.1. The molecule has 0 unspecified atom stereocenters. The Morgan fingerprint density at radius 3 is 2.54 bits per heavy atom. The van der Waals surface area contributed by atoms with Crippen molar-refractivity contribution in [3.05, 3.63) is 65.7 Å². The second-order valence-corrected chi connectivity index (χ2v) is 6.89. The smallest absolute Gasteiger partial charge is 0.339 e. The van der Waals surface area contributed by atoms with Gasteiger partial charge in [0.05, 0.1) is 16.8 Å². The van der Waals surface area contributed by atoms with E-state index in [1.54, 1.807) is 6.07 Å². The summed E-state index contributed by atoms with van der Waals surface area (Å²) in [5, 5.41) is 3.49. The molecular weight excluding hydrogens is 352 g/mol. The summed E-state index contributed by atoms with van der Waals surface area (Å²) in [6.45, 7) is 5.60. The average molecular weight is 376 g/mol. The number of carbonyl (C=O) groups excluding carboxylic acids is 2. The molecule has 1 aromatic heterocycles. The quantitative estimate of drug-likeness (QED) is 0.652. The van der Waals surface area contributed by atoms with Crippen LogP contribution < -0.4 is 5.32 Å². The number of ether oxygens (including phenoxy) is 1. The lowest BCUT2D eigenvalue weighted by atomic mass is 10.0. The van der Waals surface area contributed by atoms with Crippen molar-refractivity contribution < 1.29 is 14.3 Å². The molecule has 5 nitrogen and oxygen atoms in total. The second kappa shape index (κ2) is 8.65. The number of para-hydroxylation sites is 1. The van der Waals surface area contributed by atoms with Crippen molar-refractivity contribution in [2.75, 3.05) is 6.61 Å². The third-order valence-electron chi connectivity index (χ3n) is 4.64. The number of benzene rings is 2. The molecular formula is C23H24N2O3. The molecule has 0 aliphatic rings. The molecule has 0 bridgehead atoms. The van der Waals surface area contributed by atoms with Crippen LogP contribution in [0.15, 0.2) is 54.6 Å². The van der Waals surface area contributed by atoms with Gasteiger partial charge < -0.3 is 10.1 Å². The van der Waals surface area contributed by atoms with Gasteiger partial charge in [-0.1, -0.05) is 55.0 Å². The van der Waals surface area contributed by atoms with Gasteiger partial charge in [-0.15, -0.1) is 0 Å². The number of aryl methyl sites for hydroxylation is 1. The monoisotopic (exact) mass is 376 g/mol. The molecule has 1 atom stereocenters. The van der Waals surface area contributed by atoms with Gasteiger partial charge in [0.2, 0.25) is 0 Å². The van der Waals surface area contributed by atoms with Crippen LogP contribution in [0.1, 0.15) is 36.2 Å². The van der Waals surface area contributed by atoms with Crippen LogP contribution in [-0.4, -0.2) is 29.5 Å². The zero-order valence-electron chi connectivity index (χ0n) is 16.4. The maximum atomic E-state index is 12.7. The molecule has 0 saturated carbocycles. The summed E-state index contributed by atoms with van der Waals surface area (Å²) in [4.78, 5) is 29.3. The molecule has 144 valence electrons. The number of nitrogens with one attached hydrogen (secondary N) is 1. The molecule has 1 amide bonds. The molecule has 1 heterocycles. The van der Waals surface area contributed by atoms with Gasteiger partial charge in [-0.25, -0.2) is 9.78 Å². The van der Waals surface area contributed by atoms with E-state index in [4.69, 9.17) is 4.74 Å². The maximum absolute atomic E-state index is 12.7. The number of rotatable bonds is 6. The van der Waals surface area contributed by atoms with Crippen LogP contribution in [0.4, 0.5) is 0 Å². The van der Waals surface area contributed by atoms with E-state index in [2.05, 4.69) is 10.3 Å². The third kappa shape index (κ3) is 4.55. The van der Waals surface area contributed by atoms with Gasteiger partial charge in [-0.05, 0) is 32.4 Å². The summed E-state index contributed by atoms with van der Waals surface area (Å²) in [7, 11) is 0. The Hall–Kier alpha value is -3.21. The highest BCUT2D eigenvalue weighted by Gasteiger charge is 2.17. The molecule has 0 saturated heterocycles. The number of nitrogens with zero attached hydrogens (tertiary/aromatic N) is 1. The van der Waals surface area contributed by atoms with E-state index >= 15 is 0 Å². The zero-order valence-corrected chi connectivity index (χ0v) is 16.4. The Balaban J connectivity index is 1.89. The lowest BCUT2D eigenvalue weighted by molar-refractivity contribution is -0.124. The predicted octanol–water partition coefficient (Wildman–Crippen LogP) is 4.28. The summed E-state index contributed by atoms with van der Waals surface area (Å²) in [6.07, 6.45) is 0.814. The lowest BCUT2D eigenvalue weighted by Crippen LogP contribution is -2.35. The minimum atomic E-state index is -0.536. The summed E-state index contributed by atoms with van der Waals surface area (Å²) < 4.78 is 5.27. The van der Waals surface area contributed by atoms with E-state index in [1.165, 1.54) is 0 Å². The van der Waals surface area contributed by atoms with Crippen molar-refractivity contribution in [1.29, 1.82) is 0 Å². The fraction of sp³-hybridized carbons (Fsp3) is 0.261. The van der Waals surface area contributed by atoms with Crippen LogP contribution in [0.2, 0.25) is 0 Å². The molecule has 2 aromatic carbocycles. The van der Waals surface area contributed by atoms with Gasteiger partial charge in [0.1, 0.15) is 0 Å². The van der Waals surface area contributed by atoms with E-state index in [-0.39, 0.29) is 18.6 Å². The Morgan fingerprint density at radius 2 is 1.82 bits per heavy atom. The topological polar surface area (TPSA) is 68.3 Å². The first-order valence-electron chi connectivity index (χ1n) is 9.41. The van der Waals surface area contributed by atoms with E-state index in [1.807, 2.05) is 69.3 Å². The van der Waals surface area contributed by atoms with Crippen molar-refractivity contribution in [3.63, 3.8) is 0 Å². The molecule has 5 heteroatoms. The highest BCUT2D eigenvalue weighted by molar-refractivity contribution is 6.05. The van der Waals surface area contributed by atoms with Crippen molar-refractivity contribution in [1.82, 2.24) is 10.3 Å². The lowest BCUT2D eigenvalue weighted by Gasteiger charge is -2.13. The molecule has 0 radical (unpaired) electrons. The number of carbonyl (C=O) groups is 2. The predicted molar refractivity (Wildman–Crippen MR) is 110 cm³/mol. The van der Waals surface area contributed by atoms with Gasteiger partial charge in [0.25, 0.3) is 5.91 Å². The number of aromatic nitrogens is 1. The van der Waals surface area contributed by atoms with Gasteiger partial charge in [0.15, 0.2) is 6.61 Å². The van der Waals surface area contributed by atoms with Crippen LogP contribution in [-0.2, 0) is 9.53 Å². The van der Waals surface area contributed by atoms with Gasteiger partial charge in [-0.3, -0.25) is 4.79 Å². The third-order valence-corrected chi connectivity index (χ3v) is 4.64. The minimum Gasteiger partial charge on any atom is -0.452 e. The van der Waals surface area contributed by atoms with E-state index in [9.17, 15) is 9.59 Å². The summed E-state index contributed by atoms with van der Waals surface area (Å²) in [5.74, 6) is -0.842. The Kier molecular flexibility index (Phi) is 6.04. The van der Waals surface area contributed by atoms with Crippen LogP contribution in [0.25, 0.3) is 22.2 Å². The van der Waals surface area contributed by atoms with E-state index < -0.39 is 5.97 Å². The number of esters is 1. The van der Waals surface area contributed by atoms with Crippen LogP contribution in [0.5, 0.6) is 0 Å². The van der Waals surface area contributed by atoms with Gasteiger partial charge in [-0.2, -0.15) is 0 Å². The second-order valence-electron chi connectivity index (χ2n) is 6.89. The molecule has 0 aliphatic heterocycles. The largest absolute Gasteiger partial charge is 0.452 e. The Labute approximate surface area is 164 Å². The first-order chi connectivity index (χ1) is 13.5. The molecule has 3 aromatic rings. The first kappa shape index (κ1) is 19.5. The van der Waals surface area contributed by atoms with Crippen molar-refractivity contribution >= 4 is 22.8 Å². The fourth-order valence-electron chi connectivity index (χ4n) is 2.84. The number of fused-ring (bicyclic) bond motifs is 1. The molecule has 28 heavy (non-hydrogen) atoms. The van der Waals surface area contributed by atoms with Crippen LogP contribution >= 0.6 is 0 Å². The van der Waals surface area contributed by atoms with Crippen LogP contribution in [0, 0.1) is 6.92 Å². The van der Waals surface area contributed by atoms with E-state index in [0.717, 1.165) is 17.5 Å². The SMILES string of the molecule is CC[C@H](C)NC(=O)COC(=O)c1cc(-c2ccc(C)cc2)nc2ccccc12. The van der Waals surface area contributed by atoms with Gasteiger partial charge in [0, 0.05) is 17.0 Å². The summed E-state index contributed by atoms with van der Waals surface area (Å²) in [6, 6.07) is 17.1. The van der Waals surface area contributed by atoms with Crippen molar-refractivity contribution in [2.24, 2.45) is 0 Å². The number of hydrogen-bond acceptors (Lipinski definition) is 4. The number of amides is 1. The highest BCUT2D eigenvalue weighted by atomic mass is 16.5. The molecule has 1 N–H and O–H groups in total. The average Bonchev–Trinajstić information content (AvgIpc) is 2.71. The van der Waals surface area contributed by atoms with Crippen molar-refractivity contribution in [2.45, 2.75) is 33.2 Å². The number of hydrogen-bond donors (Lipinski definition) is 1. The minimum absolute atomic E-state index is 0.0427. The molecule has 0 spiro atoms. The summed E-state index contributed by atoms with van der Waals surface area (Å²) in [5.41, 5.74) is 3.86. The first-order valence-corrected chi connectivity index (χ1v) is 9.41. The summed E-state index contributed by atoms with van der Waals surface area (Å²) >= 11 is 0. The molecule has 0 aliphatic carbocycles. The maximum Gasteiger partial charge on any atom is 0.339 e. The standard InChI is InChI=1S/C23H24N2O3/c1-4-16(3)24-22(26)14-28-23(27)19-13-21(17-11-9-15(2)10-12-17)25-20-8-6-5-7-18(19)20/h5-13,16H,4,14H2,1-3H3,(H,24,26)/t16-/m0/s1. The van der Waals surface area contributed by atoms with Gasteiger partial charge >= 0.3 is 5.97 Å². The highest BCUT2D eigenvalue weighted by Crippen LogP contribution is 2.25. The Bertz CT molecular complexity index is 996. The fourth-order valence-corrected chi connectivity index (χ4v) is 2.84. The Morgan fingerprint density at radius 1 is 1.11 bits per heavy atom. The van der Waals surface area contributed by atoms with Crippen LogP contribution in [0.3, 0.4) is 0 Å². The molecule has 0 fully saturated rings.